The molecule has 90 valence electrons. The third-order valence-electron chi connectivity index (χ3n) is 4.73. The molecule has 16 heavy (non-hydrogen) atoms. The number of halogens is 4. The Balaban J connectivity index is 1.94. The van der Waals surface area contributed by atoms with Crippen molar-refractivity contribution < 1.29 is 0 Å². The van der Waals surface area contributed by atoms with Crippen LogP contribution in [0, 0.1) is 10.8 Å². The van der Waals surface area contributed by atoms with Crippen molar-refractivity contribution in [3.05, 3.63) is 12.2 Å². The van der Waals surface area contributed by atoms with Gasteiger partial charge in [-0.15, -0.1) is 0 Å². The summed E-state index contributed by atoms with van der Waals surface area (Å²) in [6.45, 7) is 0. The molecular weight excluding hydrogens is 464 g/mol. The van der Waals surface area contributed by atoms with Gasteiger partial charge in [0, 0.05) is 19.3 Å². The summed E-state index contributed by atoms with van der Waals surface area (Å²) in [5, 5.41) is 0. The highest BCUT2D eigenvalue weighted by molar-refractivity contribution is 9.12. The summed E-state index contributed by atoms with van der Waals surface area (Å²) < 4.78 is 0. The van der Waals surface area contributed by atoms with Crippen molar-refractivity contribution in [1.82, 2.24) is 0 Å². The van der Waals surface area contributed by atoms with Crippen LogP contribution in [0.5, 0.6) is 0 Å². The minimum absolute atomic E-state index is 0.462. The lowest BCUT2D eigenvalue weighted by molar-refractivity contribution is 0.00983. The molecule has 2 fully saturated rings. The monoisotopic (exact) mass is 474 g/mol. The van der Waals surface area contributed by atoms with E-state index in [9.17, 15) is 0 Å². The minimum atomic E-state index is 0.462. The summed E-state index contributed by atoms with van der Waals surface area (Å²) in [5.74, 6) is 0. The summed E-state index contributed by atoms with van der Waals surface area (Å²) in [6, 6.07) is 0. The molecule has 0 nitrogen and oxygen atoms in total. The lowest BCUT2D eigenvalue weighted by atomic mass is 9.44. The summed E-state index contributed by atoms with van der Waals surface area (Å²) in [6.07, 6.45) is 10.1. The van der Waals surface area contributed by atoms with Crippen molar-refractivity contribution in [3.8, 4) is 0 Å². The fourth-order valence-electron chi connectivity index (χ4n) is 3.71. The van der Waals surface area contributed by atoms with Crippen molar-refractivity contribution in [1.29, 1.82) is 0 Å². The van der Waals surface area contributed by atoms with Crippen molar-refractivity contribution in [2.24, 2.45) is 10.8 Å². The number of rotatable bonds is 0. The molecular formula is C12H14Br4. The molecule has 4 atom stereocenters. The summed E-state index contributed by atoms with van der Waals surface area (Å²) in [4.78, 5) is 2.49. The van der Waals surface area contributed by atoms with Gasteiger partial charge in [0.25, 0.3) is 0 Å². The molecule has 0 heterocycles. The number of hydrogen-bond donors (Lipinski definition) is 0. The number of allylic oxidation sites excluding steroid dienone is 2. The van der Waals surface area contributed by atoms with Gasteiger partial charge in [0.1, 0.15) is 0 Å². The van der Waals surface area contributed by atoms with Crippen molar-refractivity contribution in [3.63, 3.8) is 0 Å². The highest BCUT2D eigenvalue weighted by atomic mass is 79.9. The van der Waals surface area contributed by atoms with E-state index in [-0.39, 0.29) is 0 Å². The quantitative estimate of drug-likeness (QED) is 0.333. The Kier molecular flexibility index (Phi) is 3.23. The molecule has 0 saturated heterocycles. The molecule has 0 radical (unpaired) electrons. The van der Waals surface area contributed by atoms with Gasteiger partial charge in [-0.1, -0.05) is 75.9 Å². The van der Waals surface area contributed by atoms with Gasteiger partial charge in [-0.2, -0.15) is 0 Å². The molecule has 0 aromatic rings. The molecule has 3 aliphatic carbocycles. The standard InChI is InChI=1S/C12H14Br4/c13-7-3-11-1-2-12(11,5-9(7)15)6-10(16)8(14)4-11/h1-2,7-10H,3-6H2. The van der Waals surface area contributed by atoms with Gasteiger partial charge in [0.05, 0.1) is 0 Å². The van der Waals surface area contributed by atoms with Gasteiger partial charge in [0.15, 0.2) is 0 Å². The molecule has 3 aliphatic rings. The van der Waals surface area contributed by atoms with Crippen molar-refractivity contribution >= 4 is 63.7 Å². The Bertz CT molecular complexity index is 286. The lowest BCUT2D eigenvalue weighted by Crippen LogP contribution is -2.59. The second-order valence-electron chi connectivity index (χ2n) is 5.53. The van der Waals surface area contributed by atoms with Crippen molar-refractivity contribution in [2.75, 3.05) is 0 Å². The van der Waals surface area contributed by atoms with E-state index in [0.717, 1.165) is 0 Å². The van der Waals surface area contributed by atoms with Crippen LogP contribution < -0.4 is 0 Å². The third-order valence-corrected chi connectivity index (χ3v) is 10.0. The number of alkyl halides is 4. The van der Waals surface area contributed by atoms with E-state index >= 15 is 0 Å². The van der Waals surface area contributed by atoms with Gasteiger partial charge < -0.3 is 0 Å². The zero-order chi connectivity index (χ0) is 11.6. The van der Waals surface area contributed by atoms with Gasteiger partial charge in [0.2, 0.25) is 0 Å². The van der Waals surface area contributed by atoms with E-state index in [0.29, 0.717) is 30.1 Å². The van der Waals surface area contributed by atoms with E-state index in [1.54, 1.807) is 0 Å². The zero-order valence-corrected chi connectivity index (χ0v) is 15.1. The SMILES string of the molecule is BrC1CC23C=CC2(CC1Br)CC(Br)C(Br)C3. The predicted octanol–water partition coefficient (Wildman–Crippen LogP) is 5.17. The normalized spacial score (nSPS) is 59.8. The van der Waals surface area contributed by atoms with Crippen LogP contribution in [-0.4, -0.2) is 19.3 Å². The Morgan fingerprint density at radius 1 is 0.625 bits per heavy atom. The topological polar surface area (TPSA) is 0 Å². The molecule has 4 unspecified atom stereocenters. The van der Waals surface area contributed by atoms with E-state index in [4.69, 9.17) is 0 Å². The Hall–Kier alpha value is 1.66. The highest BCUT2D eigenvalue weighted by Crippen LogP contribution is 2.68. The Morgan fingerprint density at radius 2 is 0.875 bits per heavy atom. The number of hydrogen-bond acceptors (Lipinski definition) is 0. The lowest BCUT2D eigenvalue weighted by Gasteiger charge is -2.64. The van der Waals surface area contributed by atoms with Gasteiger partial charge >= 0.3 is 0 Å². The molecule has 0 N–H and O–H groups in total. The van der Waals surface area contributed by atoms with Gasteiger partial charge in [-0.3, -0.25) is 0 Å². The van der Waals surface area contributed by atoms with Gasteiger partial charge in [-0.25, -0.2) is 0 Å². The third kappa shape index (κ3) is 1.61. The first-order valence-electron chi connectivity index (χ1n) is 5.75. The van der Waals surface area contributed by atoms with Crippen LogP contribution in [0.2, 0.25) is 0 Å². The van der Waals surface area contributed by atoms with Crippen LogP contribution in [0.25, 0.3) is 0 Å². The second-order valence-corrected chi connectivity index (χ2v) is 10.2. The molecule has 3 rings (SSSR count). The van der Waals surface area contributed by atoms with Crippen LogP contribution in [0.3, 0.4) is 0 Å². The molecule has 0 aromatic carbocycles. The average Bonchev–Trinajstić information content (AvgIpc) is 2.21. The van der Waals surface area contributed by atoms with Crippen LogP contribution >= 0.6 is 63.7 Å². The molecule has 0 bridgehead atoms. The maximum atomic E-state index is 3.84. The first-order valence-corrected chi connectivity index (χ1v) is 9.41. The highest BCUT2D eigenvalue weighted by Gasteiger charge is 2.62. The molecule has 2 saturated carbocycles. The Morgan fingerprint density at radius 3 is 1.06 bits per heavy atom. The van der Waals surface area contributed by atoms with Crippen LogP contribution in [0.1, 0.15) is 25.7 Å². The van der Waals surface area contributed by atoms with Crippen LogP contribution in [0.4, 0.5) is 0 Å². The first-order chi connectivity index (χ1) is 7.48. The second kappa shape index (κ2) is 4.08. The zero-order valence-electron chi connectivity index (χ0n) is 8.80. The summed E-state index contributed by atoms with van der Waals surface area (Å²) in [7, 11) is 0. The summed E-state index contributed by atoms with van der Waals surface area (Å²) >= 11 is 15.3. The first kappa shape index (κ1) is 12.7. The average molecular weight is 478 g/mol. The smallest absolute Gasteiger partial charge is 0.0280 e. The van der Waals surface area contributed by atoms with Gasteiger partial charge in [-0.05, 0) is 36.5 Å². The fraction of sp³-hybridized carbons (Fsp3) is 0.833. The van der Waals surface area contributed by atoms with Crippen LogP contribution in [-0.2, 0) is 0 Å². The molecule has 0 aliphatic heterocycles. The summed E-state index contributed by atoms with van der Waals surface area (Å²) in [5.41, 5.74) is 0.924. The van der Waals surface area contributed by atoms with E-state index in [2.05, 4.69) is 75.9 Å². The fourth-order valence-corrected chi connectivity index (χ4v) is 6.77. The molecule has 0 amide bonds. The van der Waals surface area contributed by atoms with E-state index < -0.39 is 0 Å². The molecule has 0 spiro atoms. The molecule has 0 aromatic heterocycles. The predicted molar refractivity (Wildman–Crippen MR) is 83.3 cm³/mol. The van der Waals surface area contributed by atoms with E-state index in [1.807, 2.05) is 0 Å². The maximum Gasteiger partial charge on any atom is 0.0280 e. The maximum absolute atomic E-state index is 3.84. The van der Waals surface area contributed by atoms with Crippen LogP contribution in [0.15, 0.2) is 12.2 Å². The largest absolute Gasteiger partial charge is 0.0878 e. The Labute approximate surface area is 131 Å². The minimum Gasteiger partial charge on any atom is -0.0878 e. The van der Waals surface area contributed by atoms with E-state index in [1.165, 1.54) is 25.7 Å². The van der Waals surface area contributed by atoms with Crippen molar-refractivity contribution in [2.45, 2.75) is 45.0 Å². The molecule has 4 heteroatoms.